The third-order valence-electron chi connectivity index (χ3n) is 4.62. The summed E-state index contributed by atoms with van der Waals surface area (Å²) in [5, 5.41) is 6.69. The van der Waals surface area contributed by atoms with Gasteiger partial charge in [-0.3, -0.25) is 4.79 Å². The summed E-state index contributed by atoms with van der Waals surface area (Å²) in [6, 6.07) is 14.8. The lowest BCUT2D eigenvalue weighted by atomic mass is 10.1. The fraction of sp³-hybridized carbons (Fsp3) is 0.238. The van der Waals surface area contributed by atoms with Crippen LogP contribution >= 0.6 is 0 Å². The minimum atomic E-state index is -3.50. The molecule has 1 heterocycles. The van der Waals surface area contributed by atoms with Gasteiger partial charge >= 0.3 is 0 Å². The Bertz CT molecular complexity index is 1140. The van der Waals surface area contributed by atoms with Crippen molar-refractivity contribution in [1.82, 2.24) is 14.8 Å². The van der Waals surface area contributed by atoms with Crippen LogP contribution in [0.25, 0.3) is 11.3 Å². The Labute approximate surface area is 175 Å². The molecule has 0 aliphatic rings. The summed E-state index contributed by atoms with van der Waals surface area (Å²) in [5.74, 6) is 0.627. The second-order valence-corrected chi connectivity index (χ2v) is 8.98. The van der Waals surface area contributed by atoms with Gasteiger partial charge in [-0.1, -0.05) is 29.4 Å². The van der Waals surface area contributed by atoms with Crippen molar-refractivity contribution in [3.05, 3.63) is 65.9 Å². The van der Waals surface area contributed by atoms with Gasteiger partial charge < -0.3 is 14.6 Å². The van der Waals surface area contributed by atoms with Gasteiger partial charge in [-0.2, -0.15) is 0 Å². The number of hydrogen-bond donors (Lipinski definition) is 1. The van der Waals surface area contributed by atoms with Gasteiger partial charge in [0, 0.05) is 20.2 Å². The molecule has 1 amide bonds. The molecule has 30 heavy (non-hydrogen) atoms. The predicted molar refractivity (Wildman–Crippen MR) is 112 cm³/mol. The smallest absolute Gasteiger partial charge is 0.273 e. The van der Waals surface area contributed by atoms with Gasteiger partial charge in [0.1, 0.15) is 5.75 Å². The number of methoxy groups -OCH3 is 1. The van der Waals surface area contributed by atoms with Crippen LogP contribution in [0.5, 0.6) is 5.75 Å². The average molecular weight is 429 g/mol. The minimum absolute atomic E-state index is 0.134. The van der Waals surface area contributed by atoms with E-state index in [1.807, 2.05) is 18.2 Å². The van der Waals surface area contributed by atoms with E-state index in [1.54, 1.807) is 38.3 Å². The zero-order chi connectivity index (χ0) is 21.9. The molecular formula is C21H23N3O5S. The standard InChI is InChI=1S/C21H23N3O5S/c1-14(15-9-11-16(12-10-15)30(26,27)24(2)3)22-21(25)18-13-20(29-23-18)17-7-5-6-8-19(17)28-4/h5-14H,1-4H3,(H,22,25). The van der Waals surface area contributed by atoms with E-state index >= 15 is 0 Å². The Balaban J connectivity index is 1.73. The van der Waals surface area contributed by atoms with Gasteiger partial charge in [0.25, 0.3) is 5.91 Å². The maximum absolute atomic E-state index is 12.6. The van der Waals surface area contributed by atoms with E-state index in [9.17, 15) is 13.2 Å². The number of nitrogens with one attached hydrogen (secondary N) is 1. The highest BCUT2D eigenvalue weighted by Gasteiger charge is 2.20. The number of carbonyl (C=O) groups excluding carboxylic acids is 1. The average Bonchev–Trinajstić information content (AvgIpc) is 3.24. The summed E-state index contributed by atoms with van der Waals surface area (Å²) < 4.78 is 36.1. The summed E-state index contributed by atoms with van der Waals surface area (Å²) >= 11 is 0. The molecule has 2 aromatic carbocycles. The molecule has 0 radical (unpaired) electrons. The molecule has 3 rings (SSSR count). The van der Waals surface area contributed by atoms with Crippen molar-refractivity contribution >= 4 is 15.9 Å². The van der Waals surface area contributed by atoms with Crippen LogP contribution < -0.4 is 10.1 Å². The van der Waals surface area contributed by atoms with E-state index in [2.05, 4.69) is 10.5 Å². The molecule has 0 saturated carbocycles. The fourth-order valence-corrected chi connectivity index (χ4v) is 3.75. The number of nitrogens with zero attached hydrogens (tertiary/aromatic N) is 2. The van der Waals surface area contributed by atoms with E-state index in [1.165, 1.54) is 26.2 Å². The summed E-state index contributed by atoms with van der Waals surface area (Å²) in [6.07, 6.45) is 0. The topological polar surface area (TPSA) is 102 Å². The predicted octanol–water partition coefficient (Wildman–Crippen LogP) is 3.09. The Morgan fingerprint density at radius 1 is 1.13 bits per heavy atom. The highest BCUT2D eigenvalue weighted by Crippen LogP contribution is 2.30. The monoisotopic (exact) mass is 429 g/mol. The molecular weight excluding hydrogens is 406 g/mol. The van der Waals surface area contributed by atoms with E-state index < -0.39 is 15.9 Å². The highest BCUT2D eigenvalue weighted by molar-refractivity contribution is 7.89. The van der Waals surface area contributed by atoms with Gasteiger partial charge in [0.05, 0.1) is 23.6 Å². The molecule has 9 heteroatoms. The normalized spacial score (nSPS) is 12.6. The van der Waals surface area contributed by atoms with Gasteiger partial charge in [-0.05, 0) is 36.8 Å². The number of sulfonamides is 1. The largest absolute Gasteiger partial charge is 0.496 e. The number of hydrogen-bond acceptors (Lipinski definition) is 6. The molecule has 0 spiro atoms. The van der Waals surface area contributed by atoms with Crippen LogP contribution in [-0.4, -0.2) is 45.0 Å². The van der Waals surface area contributed by atoms with Crippen LogP contribution in [0.15, 0.2) is 64.0 Å². The number of rotatable bonds is 7. The van der Waals surface area contributed by atoms with Crippen molar-refractivity contribution in [3.8, 4) is 17.1 Å². The Hall–Kier alpha value is -3.17. The van der Waals surface area contributed by atoms with Crippen LogP contribution in [0.1, 0.15) is 29.0 Å². The Kier molecular flexibility index (Phi) is 6.23. The molecule has 1 atom stereocenters. The van der Waals surface area contributed by atoms with Gasteiger partial charge in [-0.15, -0.1) is 0 Å². The zero-order valence-electron chi connectivity index (χ0n) is 17.1. The molecule has 158 valence electrons. The quantitative estimate of drug-likeness (QED) is 0.619. The van der Waals surface area contributed by atoms with Crippen molar-refractivity contribution in [3.63, 3.8) is 0 Å². The van der Waals surface area contributed by atoms with Crippen LogP contribution in [-0.2, 0) is 10.0 Å². The van der Waals surface area contributed by atoms with Crippen molar-refractivity contribution in [2.75, 3.05) is 21.2 Å². The Morgan fingerprint density at radius 2 is 1.80 bits per heavy atom. The van der Waals surface area contributed by atoms with Crippen molar-refractivity contribution in [2.45, 2.75) is 17.9 Å². The molecule has 3 aromatic rings. The molecule has 8 nitrogen and oxygen atoms in total. The van der Waals surface area contributed by atoms with Crippen LogP contribution in [0.4, 0.5) is 0 Å². The molecule has 0 aliphatic heterocycles. The molecule has 0 saturated heterocycles. The zero-order valence-corrected chi connectivity index (χ0v) is 17.9. The second-order valence-electron chi connectivity index (χ2n) is 6.83. The first-order chi connectivity index (χ1) is 14.2. The number of aromatic nitrogens is 1. The maximum atomic E-state index is 12.6. The third kappa shape index (κ3) is 4.37. The molecule has 0 fully saturated rings. The van der Waals surface area contributed by atoms with E-state index in [-0.39, 0.29) is 16.6 Å². The summed E-state index contributed by atoms with van der Waals surface area (Å²) in [4.78, 5) is 12.8. The van der Waals surface area contributed by atoms with Gasteiger partial charge in [0.15, 0.2) is 11.5 Å². The Morgan fingerprint density at radius 3 is 2.43 bits per heavy atom. The van der Waals surface area contributed by atoms with Crippen LogP contribution in [0, 0.1) is 0 Å². The number of ether oxygens (including phenoxy) is 1. The molecule has 0 bridgehead atoms. The first-order valence-corrected chi connectivity index (χ1v) is 10.6. The SMILES string of the molecule is COc1ccccc1-c1cc(C(=O)NC(C)c2ccc(S(=O)(=O)N(C)C)cc2)no1. The number of amides is 1. The minimum Gasteiger partial charge on any atom is -0.496 e. The van der Waals surface area contributed by atoms with E-state index in [4.69, 9.17) is 9.26 Å². The third-order valence-corrected chi connectivity index (χ3v) is 6.45. The van der Waals surface area contributed by atoms with Crippen molar-refractivity contribution < 1.29 is 22.5 Å². The fourth-order valence-electron chi connectivity index (χ4n) is 2.85. The van der Waals surface area contributed by atoms with E-state index in [0.29, 0.717) is 17.1 Å². The summed E-state index contributed by atoms with van der Waals surface area (Å²) in [5.41, 5.74) is 1.58. The molecule has 0 aliphatic carbocycles. The first-order valence-electron chi connectivity index (χ1n) is 9.17. The number of para-hydroxylation sites is 1. The van der Waals surface area contributed by atoms with Crippen LogP contribution in [0.2, 0.25) is 0 Å². The molecule has 1 unspecified atom stereocenters. The summed E-state index contributed by atoms with van der Waals surface area (Å²) in [6.45, 7) is 1.80. The lowest BCUT2D eigenvalue weighted by molar-refractivity contribution is 0.0931. The maximum Gasteiger partial charge on any atom is 0.273 e. The van der Waals surface area contributed by atoms with Crippen molar-refractivity contribution in [2.24, 2.45) is 0 Å². The lowest BCUT2D eigenvalue weighted by Gasteiger charge is -2.15. The number of benzene rings is 2. The second kappa shape index (κ2) is 8.68. The molecule has 1 N–H and O–H groups in total. The van der Waals surface area contributed by atoms with Crippen LogP contribution in [0.3, 0.4) is 0 Å². The first kappa shape index (κ1) is 21.5. The molecule has 1 aromatic heterocycles. The lowest BCUT2D eigenvalue weighted by Crippen LogP contribution is -2.27. The van der Waals surface area contributed by atoms with Gasteiger partial charge in [-0.25, -0.2) is 12.7 Å². The highest BCUT2D eigenvalue weighted by atomic mass is 32.2. The van der Waals surface area contributed by atoms with Gasteiger partial charge in [0.2, 0.25) is 10.0 Å². The van der Waals surface area contributed by atoms with E-state index in [0.717, 1.165) is 9.87 Å². The van der Waals surface area contributed by atoms with Crippen molar-refractivity contribution in [1.29, 1.82) is 0 Å². The number of carbonyl (C=O) groups is 1. The summed E-state index contributed by atoms with van der Waals surface area (Å²) in [7, 11) is 1.00.